The summed E-state index contributed by atoms with van der Waals surface area (Å²) in [7, 11) is 1.69. The molecule has 0 fully saturated rings. The molecule has 0 radical (unpaired) electrons. The number of halogens is 2. The first-order valence-electron chi connectivity index (χ1n) is 6.04. The summed E-state index contributed by atoms with van der Waals surface area (Å²) in [4.78, 5) is 17.6. The molecule has 7 heteroatoms. The molecule has 0 unspecified atom stereocenters. The molecule has 0 spiro atoms. The Morgan fingerprint density at radius 2 is 2.15 bits per heavy atom. The first-order chi connectivity index (χ1) is 9.40. The Morgan fingerprint density at radius 1 is 1.45 bits per heavy atom. The molecule has 0 aromatic carbocycles. The molecule has 1 amide bonds. The van der Waals surface area contributed by atoms with Crippen molar-refractivity contribution in [3.05, 3.63) is 34.3 Å². The van der Waals surface area contributed by atoms with Gasteiger partial charge in [0.1, 0.15) is 5.69 Å². The maximum atomic E-state index is 12.0. The first kappa shape index (κ1) is 15.0. The maximum absolute atomic E-state index is 12.0. The number of nitrogens with zero attached hydrogens (tertiary/aromatic N) is 4. The van der Waals surface area contributed by atoms with Gasteiger partial charge in [0.15, 0.2) is 5.15 Å². The van der Waals surface area contributed by atoms with Gasteiger partial charge < -0.3 is 4.90 Å². The number of hydrogen-bond acceptors (Lipinski definition) is 3. The fourth-order valence-corrected chi connectivity index (χ4v) is 2.34. The van der Waals surface area contributed by atoms with Gasteiger partial charge in [0, 0.05) is 23.6 Å². The fraction of sp³-hybridized carbons (Fsp3) is 0.308. The molecule has 2 aromatic heterocycles. The number of carbonyl (C=O) groups is 1. The zero-order chi connectivity index (χ0) is 14.9. The summed E-state index contributed by atoms with van der Waals surface area (Å²) in [5.41, 5.74) is 1.34. The predicted octanol–water partition coefficient (Wildman–Crippen LogP) is 3.30. The number of anilines is 1. The zero-order valence-corrected chi connectivity index (χ0v) is 13.7. The lowest BCUT2D eigenvalue weighted by Crippen LogP contribution is -2.30. The van der Waals surface area contributed by atoms with Crippen molar-refractivity contribution in [3.63, 3.8) is 0 Å². The first-order valence-corrected chi connectivity index (χ1v) is 7.21. The minimum atomic E-state index is -0.105. The highest BCUT2D eigenvalue weighted by Gasteiger charge is 2.20. The molecular weight excluding hydrogens is 344 g/mol. The van der Waals surface area contributed by atoms with Gasteiger partial charge in [0.25, 0.3) is 0 Å². The molecule has 20 heavy (non-hydrogen) atoms. The Kier molecular flexibility index (Phi) is 4.45. The third kappa shape index (κ3) is 3.02. The van der Waals surface area contributed by atoms with Crippen LogP contribution < -0.4 is 4.90 Å². The molecule has 106 valence electrons. The minimum Gasteiger partial charge on any atom is -0.311 e. The molecule has 5 nitrogen and oxygen atoms in total. The molecule has 0 aliphatic heterocycles. The van der Waals surface area contributed by atoms with Gasteiger partial charge in [-0.05, 0) is 22.0 Å². The number of aromatic nitrogens is 3. The van der Waals surface area contributed by atoms with Crippen molar-refractivity contribution >= 4 is 39.1 Å². The van der Waals surface area contributed by atoms with Crippen LogP contribution in [0.2, 0.25) is 5.15 Å². The molecule has 0 atom stereocenters. The van der Waals surface area contributed by atoms with E-state index < -0.39 is 0 Å². The van der Waals surface area contributed by atoms with Gasteiger partial charge in [-0.15, -0.1) is 0 Å². The second-order valence-corrected chi connectivity index (χ2v) is 5.94. The summed E-state index contributed by atoms with van der Waals surface area (Å²) in [6.07, 6.45) is 5.07. The summed E-state index contributed by atoms with van der Waals surface area (Å²) in [6, 6.07) is 1.87. The summed E-state index contributed by atoms with van der Waals surface area (Å²) in [6.45, 7) is 3.69. The number of amides is 1. The number of pyridine rings is 1. The van der Waals surface area contributed by atoms with Gasteiger partial charge in [0.05, 0.1) is 18.1 Å². The lowest BCUT2D eigenvalue weighted by molar-refractivity contribution is -0.121. The van der Waals surface area contributed by atoms with Crippen molar-refractivity contribution in [1.29, 1.82) is 0 Å². The van der Waals surface area contributed by atoms with Crippen LogP contribution in [0.3, 0.4) is 0 Å². The molecule has 2 rings (SSSR count). The van der Waals surface area contributed by atoms with E-state index in [0.29, 0.717) is 5.69 Å². The summed E-state index contributed by atoms with van der Waals surface area (Å²) in [5.74, 6) is -0.120. The Hall–Kier alpha value is -1.40. The molecule has 0 aliphatic carbocycles. The molecule has 0 N–H and O–H groups in total. The number of rotatable bonds is 3. The lowest BCUT2D eigenvalue weighted by Gasteiger charge is -2.17. The largest absolute Gasteiger partial charge is 0.311 e. The number of carbonyl (C=O) groups excluding carboxylic acids is 1. The Labute approximate surface area is 130 Å². The highest BCUT2D eigenvalue weighted by molar-refractivity contribution is 9.10. The average molecular weight is 358 g/mol. The summed E-state index contributed by atoms with van der Waals surface area (Å²) >= 11 is 9.48. The molecule has 2 aromatic rings. The van der Waals surface area contributed by atoms with E-state index in [1.54, 1.807) is 30.3 Å². The highest BCUT2D eigenvalue weighted by Crippen LogP contribution is 2.26. The van der Waals surface area contributed by atoms with E-state index >= 15 is 0 Å². The Balaban J connectivity index is 2.37. The van der Waals surface area contributed by atoms with E-state index in [9.17, 15) is 4.79 Å². The van der Waals surface area contributed by atoms with Crippen LogP contribution in [0.25, 0.3) is 5.69 Å². The van der Waals surface area contributed by atoms with Crippen LogP contribution in [0.4, 0.5) is 5.69 Å². The van der Waals surface area contributed by atoms with Crippen LogP contribution in [-0.2, 0) is 4.79 Å². The van der Waals surface area contributed by atoms with E-state index in [-0.39, 0.29) is 17.0 Å². The molecule has 0 aliphatic rings. The lowest BCUT2D eigenvalue weighted by atomic mass is 10.2. The minimum absolute atomic E-state index is 0.0150. The van der Waals surface area contributed by atoms with Crippen LogP contribution in [0.1, 0.15) is 13.8 Å². The molecule has 0 saturated carbocycles. The van der Waals surface area contributed by atoms with Gasteiger partial charge in [-0.2, -0.15) is 5.10 Å². The summed E-state index contributed by atoms with van der Waals surface area (Å²) < 4.78 is 2.44. The van der Waals surface area contributed by atoms with Crippen LogP contribution in [0.15, 0.2) is 29.1 Å². The maximum Gasteiger partial charge on any atom is 0.229 e. The highest BCUT2D eigenvalue weighted by atomic mass is 79.9. The molecule has 0 saturated heterocycles. The SMILES string of the molecule is CC(C)C(=O)N(C)c1cn(-c2cncc(Br)c2)nc1Cl. The van der Waals surface area contributed by atoms with Crippen molar-refractivity contribution in [1.82, 2.24) is 14.8 Å². The quantitative estimate of drug-likeness (QED) is 0.847. The predicted molar refractivity (Wildman–Crippen MR) is 82.3 cm³/mol. The smallest absolute Gasteiger partial charge is 0.229 e. The number of hydrogen-bond donors (Lipinski definition) is 0. The standard InChI is InChI=1S/C13H14BrClN4O/c1-8(2)13(20)18(3)11-7-19(17-12(11)15)10-4-9(14)5-16-6-10/h4-8H,1-3H3. The van der Waals surface area contributed by atoms with E-state index in [1.807, 2.05) is 19.9 Å². The van der Waals surface area contributed by atoms with Crippen LogP contribution in [0.5, 0.6) is 0 Å². The van der Waals surface area contributed by atoms with E-state index in [4.69, 9.17) is 11.6 Å². The van der Waals surface area contributed by atoms with Crippen LogP contribution in [-0.4, -0.2) is 27.7 Å². The zero-order valence-electron chi connectivity index (χ0n) is 11.3. The second kappa shape index (κ2) is 5.93. The van der Waals surface area contributed by atoms with Crippen LogP contribution in [0, 0.1) is 5.92 Å². The van der Waals surface area contributed by atoms with Gasteiger partial charge in [-0.3, -0.25) is 9.78 Å². The Bertz CT molecular complexity index is 641. The van der Waals surface area contributed by atoms with E-state index in [1.165, 1.54) is 4.90 Å². The van der Waals surface area contributed by atoms with Crippen molar-refractivity contribution in [3.8, 4) is 5.69 Å². The van der Waals surface area contributed by atoms with Crippen molar-refractivity contribution in [2.75, 3.05) is 11.9 Å². The molecular formula is C13H14BrClN4O. The van der Waals surface area contributed by atoms with Gasteiger partial charge in [0.2, 0.25) is 5.91 Å². The topological polar surface area (TPSA) is 51.0 Å². The van der Waals surface area contributed by atoms with Crippen molar-refractivity contribution in [2.45, 2.75) is 13.8 Å². The Morgan fingerprint density at radius 3 is 2.75 bits per heavy atom. The van der Waals surface area contributed by atoms with Gasteiger partial charge in [-0.1, -0.05) is 25.4 Å². The normalized spacial score (nSPS) is 10.9. The van der Waals surface area contributed by atoms with E-state index in [2.05, 4.69) is 26.0 Å². The van der Waals surface area contributed by atoms with E-state index in [0.717, 1.165) is 10.2 Å². The average Bonchev–Trinajstić information content (AvgIpc) is 2.79. The third-order valence-electron chi connectivity index (χ3n) is 2.79. The molecule has 2 heterocycles. The van der Waals surface area contributed by atoms with Gasteiger partial charge >= 0.3 is 0 Å². The monoisotopic (exact) mass is 356 g/mol. The van der Waals surface area contributed by atoms with Crippen molar-refractivity contribution in [2.24, 2.45) is 5.92 Å². The fourth-order valence-electron chi connectivity index (χ4n) is 1.73. The van der Waals surface area contributed by atoms with Gasteiger partial charge in [-0.25, -0.2) is 4.68 Å². The molecule has 0 bridgehead atoms. The summed E-state index contributed by atoms with van der Waals surface area (Å²) in [5, 5.41) is 4.49. The third-order valence-corrected chi connectivity index (χ3v) is 3.50. The van der Waals surface area contributed by atoms with Crippen molar-refractivity contribution < 1.29 is 4.79 Å². The second-order valence-electron chi connectivity index (χ2n) is 4.66. The van der Waals surface area contributed by atoms with Crippen LogP contribution >= 0.6 is 27.5 Å².